The van der Waals surface area contributed by atoms with Gasteiger partial charge in [0, 0.05) is 29.5 Å². The molecule has 1 saturated heterocycles. The Morgan fingerprint density at radius 3 is 2.63 bits per heavy atom. The van der Waals surface area contributed by atoms with Gasteiger partial charge in [-0.05, 0) is 45.1 Å². The number of nitrogens with zero attached hydrogens (tertiary/aromatic N) is 1. The molecule has 0 saturated carbocycles. The predicted molar refractivity (Wildman–Crippen MR) is 78.6 cm³/mol. The van der Waals surface area contributed by atoms with E-state index in [0.29, 0.717) is 24.4 Å². The molecule has 0 aliphatic carbocycles. The number of Topliss-reactive ketones (excluding diaryl/α,β-unsaturated/α-hetero) is 1. The Morgan fingerprint density at radius 2 is 2.05 bits per heavy atom. The van der Waals surface area contributed by atoms with E-state index in [4.69, 9.17) is 0 Å². The maximum Gasteiger partial charge on any atom is 0.178 e. The predicted octanol–water partition coefficient (Wildman–Crippen LogP) is 3.18. The molecule has 3 atom stereocenters. The summed E-state index contributed by atoms with van der Waals surface area (Å²) in [5, 5.41) is 0. The number of carbonyl (C=O) groups excluding carboxylic acids is 1. The minimum absolute atomic E-state index is 0.245. The number of H-pyrrole nitrogens is 1. The monoisotopic (exact) mass is 262 g/mol. The van der Waals surface area contributed by atoms with E-state index in [-0.39, 0.29) is 5.78 Å². The van der Waals surface area contributed by atoms with Crippen molar-refractivity contribution < 1.29 is 4.79 Å². The van der Waals surface area contributed by atoms with Crippen LogP contribution in [0.2, 0.25) is 0 Å². The normalized spacial score (nSPS) is 28.6. The molecule has 0 aromatic carbocycles. The highest BCUT2D eigenvalue weighted by Gasteiger charge is 2.30. The fraction of sp³-hybridized carbons (Fsp3) is 0.688. The summed E-state index contributed by atoms with van der Waals surface area (Å²) in [6.45, 7) is 12.4. The Labute approximate surface area is 116 Å². The van der Waals surface area contributed by atoms with Crippen LogP contribution in [0.4, 0.5) is 0 Å². The molecule has 1 fully saturated rings. The number of hydrogen-bond donors (Lipinski definition) is 1. The molecule has 3 unspecified atom stereocenters. The topological polar surface area (TPSA) is 36.1 Å². The van der Waals surface area contributed by atoms with E-state index in [2.05, 4.69) is 30.7 Å². The number of piperidine rings is 1. The van der Waals surface area contributed by atoms with Gasteiger partial charge >= 0.3 is 0 Å². The average Bonchev–Trinajstić information content (AvgIpc) is 2.64. The lowest BCUT2D eigenvalue weighted by molar-refractivity contribution is 0.0649. The van der Waals surface area contributed by atoms with Gasteiger partial charge in [0.2, 0.25) is 0 Å². The molecule has 0 amide bonds. The standard InChI is InChI=1S/C16H26N2O/c1-10-6-11(2)14(5)18(8-10)9-16(19)15-7-12(3)17-13(15)4/h7,10-11,14,17H,6,8-9H2,1-5H3. The summed E-state index contributed by atoms with van der Waals surface area (Å²) in [7, 11) is 0. The highest BCUT2D eigenvalue weighted by Crippen LogP contribution is 2.27. The molecule has 1 aromatic rings. The van der Waals surface area contributed by atoms with Crippen LogP contribution in [-0.4, -0.2) is 34.8 Å². The SMILES string of the molecule is Cc1cc(C(=O)CN2CC(C)CC(C)C2C)c(C)[nH]1. The van der Waals surface area contributed by atoms with Crippen LogP contribution in [0.25, 0.3) is 0 Å². The third kappa shape index (κ3) is 3.08. The Bertz CT molecular complexity index is 463. The van der Waals surface area contributed by atoms with Crippen molar-refractivity contribution in [2.45, 2.75) is 47.1 Å². The van der Waals surface area contributed by atoms with Crippen LogP contribution >= 0.6 is 0 Å². The Kier molecular flexibility index (Phi) is 4.14. The van der Waals surface area contributed by atoms with Gasteiger partial charge in [0.25, 0.3) is 0 Å². The number of hydrogen-bond acceptors (Lipinski definition) is 2. The molecule has 106 valence electrons. The average molecular weight is 262 g/mol. The van der Waals surface area contributed by atoms with E-state index in [9.17, 15) is 4.79 Å². The van der Waals surface area contributed by atoms with Gasteiger partial charge in [0.1, 0.15) is 0 Å². The summed E-state index contributed by atoms with van der Waals surface area (Å²) < 4.78 is 0. The summed E-state index contributed by atoms with van der Waals surface area (Å²) >= 11 is 0. The lowest BCUT2D eigenvalue weighted by Crippen LogP contribution is -2.47. The molecule has 3 heteroatoms. The largest absolute Gasteiger partial charge is 0.362 e. The molecule has 2 rings (SSSR count). The summed E-state index contributed by atoms with van der Waals surface area (Å²) in [4.78, 5) is 18.0. The van der Waals surface area contributed by atoms with E-state index >= 15 is 0 Å². The molecular weight excluding hydrogens is 236 g/mol. The maximum absolute atomic E-state index is 12.4. The summed E-state index contributed by atoms with van der Waals surface area (Å²) in [6, 6.07) is 2.47. The number of aromatic nitrogens is 1. The number of aryl methyl sites for hydroxylation is 2. The molecule has 1 aromatic heterocycles. The first-order valence-corrected chi connectivity index (χ1v) is 7.32. The molecule has 0 bridgehead atoms. The Hall–Kier alpha value is -1.09. The fourth-order valence-corrected chi connectivity index (χ4v) is 3.32. The van der Waals surface area contributed by atoms with Crippen LogP contribution in [0.15, 0.2) is 6.07 Å². The maximum atomic E-state index is 12.4. The van der Waals surface area contributed by atoms with Gasteiger partial charge in [-0.15, -0.1) is 0 Å². The molecule has 19 heavy (non-hydrogen) atoms. The zero-order chi connectivity index (χ0) is 14.2. The highest BCUT2D eigenvalue weighted by atomic mass is 16.1. The number of carbonyl (C=O) groups is 1. The summed E-state index contributed by atoms with van der Waals surface area (Å²) in [6.07, 6.45) is 1.27. The van der Waals surface area contributed by atoms with Crippen molar-refractivity contribution in [3.8, 4) is 0 Å². The molecule has 2 heterocycles. The van der Waals surface area contributed by atoms with Gasteiger partial charge in [0.05, 0.1) is 6.54 Å². The minimum atomic E-state index is 0.245. The number of ketones is 1. The first-order valence-electron chi connectivity index (χ1n) is 7.32. The molecule has 1 N–H and O–H groups in total. The van der Waals surface area contributed by atoms with Crippen molar-refractivity contribution in [3.63, 3.8) is 0 Å². The van der Waals surface area contributed by atoms with Gasteiger partial charge in [-0.25, -0.2) is 0 Å². The molecule has 0 radical (unpaired) electrons. The van der Waals surface area contributed by atoms with Crippen molar-refractivity contribution in [2.24, 2.45) is 11.8 Å². The second kappa shape index (κ2) is 5.49. The van der Waals surface area contributed by atoms with Crippen molar-refractivity contribution in [3.05, 3.63) is 23.0 Å². The third-order valence-electron chi connectivity index (χ3n) is 4.52. The lowest BCUT2D eigenvalue weighted by atomic mass is 9.86. The first kappa shape index (κ1) is 14.3. The Morgan fingerprint density at radius 1 is 1.37 bits per heavy atom. The van der Waals surface area contributed by atoms with Gasteiger partial charge in [0.15, 0.2) is 5.78 Å². The first-order chi connectivity index (χ1) is 8.88. The van der Waals surface area contributed by atoms with Crippen LogP contribution in [-0.2, 0) is 0 Å². The molecule has 1 aliphatic heterocycles. The van der Waals surface area contributed by atoms with E-state index in [1.165, 1.54) is 6.42 Å². The number of rotatable bonds is 3. The van der Waals surface area contributed by atoms with E-state index in [1.54, 1.807) is 0 Å². The third-order valence-corrected chi connectivity index (χ3v) is 4.52. The van der Waals surface area contributed by atoms with Crippen molar-refractivity contribution in [1.29, 1.82) is 0 Å². The second-order valence-electron chi connectivity index (χ2n) is 6.40. The van der Waals surface area contributed by atoms with E-state index in [0.717, 1.165) is 23.5 Å². The van der Waals surface area contributed by atoms with Crippen LogP contribution < -0.4 is 0 Å². The molecule has 0 spiro atoms. The zero-order valence-corrected chi connectivity index (χ0v) is 12.8. The highest BCUT2D eigenvalue weighted by molar-refractivity contribution is 5.98. The van der Waals surface area contributed by atoms with Crippen LogP contribution in [0.5, 0.6) is 0 Å². The van der Waals surface area contributed by atoms with Crippen molar-refractivity contribution in [1.82, 2.24) is 9.88 Å². The van der Waals surface area contributed by atoms with Gasteiger partial charge < -0.3 is 4.98 Å². The van der Waals surface area contributed by atoms with Crippen molar-refractivity contribution in [2.75, 3.05) is 13.1 Å². The number of aromatic amines is 1. The van der Waals surface area contributed by atoms with Gasteiger partial charge in [-0.2, -0.15) is 0 Å². The quantitative estimate of drug-likeness (QED) is 0.849. The molecule has 3 nitrogen and oxygen atoms in total. The van der Waals surface area contributed by atoms with Crippen molar-refractivity contribution >= 4 is 5.78 Å². The number of nitrogens with one attached hydrogen (secondary N) is 1. The van der Waals surface area contributed by atoms with Crippen LogP contribution in [0.3, 0.4) is 0 Å². The zero-order valence-electron chi connectivity index (χ0n) is 12.8. The van der Waals surface area contributed by atoms with Crippen LogP contribution in [0, 0.1) is 25.7 Å². The fourth-order valence-electron chi connectivity index (χ4n) is 3.32. The Balaban J connectivity index is 2.08. The summed E-state index contributed by atoms with van der Waals surface area (Å²) in [5.41, 5.74) is 2.91. The van der Waals surface area contributed by atoms with Gasteiger partial charge in [-0.1, -0.05) is 13.8 Å². The van der Waals surface area contributed by atoms with Gasteiger partial charge in [-0.3, -0.25) is 9.69 Å². The lowest BCUT2D eigenvalue weighted by Gasteiger charge is -2.40. The number of likely N-dealkylation sites (tertiary alicyclic amines) is 1. The van der Waals surface area contributed by atoms with Crippen LogP contribution in [0.1, 0.15) is 48.9 Å². The molecule has 1 aliphatic rings. The smallest absolute Gasteiger partial charge is 0.178 e. The molecular formula is C16H26N2O. The minimum Gasteiger partial charge on any atom is -0.362 e. The summed E-state index contributed by atoms with van der Waals surface area (Å²) in [5.74, 6) is 1.61. The van der Waals surface area contributed by atoms with E-state index < -0.39 is 0 Å². The van der Waals surface area contributed by atoms with E-state index in [1.807, 2.05) is 19.9 Å². The second-order valence-corrected chi connectivity index (χ2v) is 6.40.